The molecule has 64 valence electrons. The highest BCUT2D eigenvalue weighted by atomic mass is 32.2. The van der Waals surface area contributed by atoms with Crippen molar-refractivity contribution in [3.63, 3.8) is 0 Å². The first-order valence-electron chi connectivity index (χ1n) is 4.38. The maximum absolute atomic E-state index is 3.32. The van der Waals surface area contributed by atoms with Crippen molar-refractivity contribution in [2.75, 3.05) is 5.75 Å². The first kappa shape index (κ1) is 7.99. The molecule has 0 aromatic heterocycles. The predicted octanol–water partition coefficient (Wildman–Crippen LogP) is 2.44. The molecule has 1 saturated heterocycles. The van der Waals surface area contributed by atoms with Crippen LogP contribution in [0.25, 0.3) is 0 Å². The summed E-state index contributed by atoms with van der Waals surface area (Å²) in [5.41, 5.74) is 1.36. The number of allylic oxidation sites excluding steroid dienone is 4. The lowest BCUT2D eigenvalue weighted by Crippen LogP contribution is -2.14. The van der Waals surface area contributed by atoms with Crippen LogP contribution in [-0.4, -0.2) is 11.0 Å². The van der Waals surface area contributed by atoms with E-state index in [2.05, 4.69) is 35.3 Å². The van der Waals surface area contributed by atoms with Gasteiger partial charge in [0.05, 0.1) is 0 Å². The molecule has 12 heavy (non-hydrogen) atoms. The lowest BCUT2D eigenvalue weighted by Gasteiger charge is -2.12. The molecule has 0 amide bonds. The Morgan fingerprint density at radius 2 is 2.33 bits per heavy atom. The zero-order valence-electron chi connectivity index (χ0n) is 6.99. The van der Waals surface area contributed by atoms with Crippen molar-refractivity contribution in [1.29, 1.82) is 0 Å². The summed E-state index contributed by atoms with van der Waals surface area (Å²) in [4.78, 5) is 0. The molecule has 1 atom stereocenters. The maximum Gasteiger partial charge on any atom is 0.0448 e. The molecule has 0 spiro atoms. The molecular weight excluding hydrogens is 166 g/mol. The Hall–Kier alpha value is -0.630. The quantitative estimate of drug-likeness (QED) is 0.663. The molecule has 0 aromatic carbocycles. The highest BCUT2D eigenvalue weighted by molar-refractivity contribution is 8.00. The van der Waals surface area contributed by atoms with Gasteiger partial charge < -0.3 is 5.32 Å². The van der Waals surface area contributed by atoms with Gasteiger partial charge in [0.2, 0.25) is 0 Å². The van der Waals surface area contributed by atoms with Gasteiger partial charge in [0.1, 0.15) is 0 Å². The molecule has 1 unspecified atom stereocenters. The molecular formula is C10H13NS. The molecule has 0 bridgehead atoms. The zero-order chi connectivity index (χ0) is 8.23. The average Bonchev–Trinajstić information content (AvgIpc) is 2.48. The van der Waals surface area contributed by atoms with Gasteiger partial charge in [0.25, 0.3) is 0 Å². The molecule has 2 heterocycles. The molecule has 1 fully saturated rings. The van der Waals surface area contributed by atoms with Crippen LogP contribution in [0.3, 0.4) is 0 Å². The third-order valence-electron chi connectivity index (χ3n) is 2.12. The van der Waals surface area contributed by atoms with Crippen molar-refractivity contribution in [1.82, 2.24) is 5.32 Å². The van der Waals surface area contributed by atoms with Gasteiger partial charge in [-0.3, -0.25) is 0 Å². The molecule has 1 nitrogen and oxygen atoms in total. The Kier molecular flexibility index (Phi) is 2.57. The average molecular weight is 179 g/mol. The number of nitrogens with one attached hydrogen (secondary N) is 1. The fourth-order valence-electron chi connectivity index (χ4n) is 1.49. The number of hydrogen-bond acceptors (Lipinski definition) is 2. The molecule has 0 radical (unpaired) electrons. The minimum Gasteiger partial charge on any atom is -0.364 e. The molecule has 1 N–H and O–H groups in total. The zero-order valence-corrected chi connectivity index (χ0v) is 7.81. The Bertz CT molecular complexity index is 234. The minimum atomic E-state index is 0.706. The van der Waals surface area contributed by atoms with Crippen LogP contribution in [0.5, 0.6) is 0 Å². The largest absolute Gasteiger partial charge is 0.364 e. The summed E-state index contributed by atoms with van der Waals surface area (Å²) in [6.45, 7) is 0. The second-order valence-electron chi connectivity index (χ2n) is 3.01. The summed E-state index contributed by atoms with van der Waals surface area (Å²) in [6.07, 6.45) is 13.1. The van der Waals surface area contributed by atoms with Crippen LogP contribution >= 0.6 is 11.8 Å². The van der Waals surface area contributed by atoms with Crippen molar-refractivity contribution in [2.45, 2.75) is 18.1 Å². The first-order valence-corrected chi connectivity index (χ1v) is 5.43. The highest BCUT2D eigenvalue weighted by Gasteiger charge is 2.18. The van der Waals surface area contributed by atoms with Gasteiger partial charge in [-0.2, -0.15) is 11.8 Å². The molecule has 0 aromatic rings. The maximum atomic E-state index is 3.32. The standard InChI is InChI=1S/C10H13NS/c1-2-5-9(11-7-3-1)10-6-4-8-12-10/h1-3,5,7,10-11H,4,6,8H2. The Morgan fingerprint density at radius 3 is 3.17 bits per heavy atom. The third-order valence-corrected chi connectivity index (χ3v) is 3.54. The molecule has 0 aliphatic carbocycles. The van der Waals surface area contributed by atoms with E-state index in [1.807, 2.05) is 12.3 Å². The lowest BCUT2D eigenvalue weighted by atomic mass is 10.2. The summed E-state index contributed by atoms with van der Waals surface area (Å²) >= 11 is 2.06. The van der Waals surface area contributed by atoms with E-state index in [-0.39, 0.29) is 0 Å². The molecule has 2 aliphatic rings. The summed E-state index contributed by atoms with van der Waals surface area (Å²) in [7, 11) is 0. The molecule has 0 saturated carbocycles. The van der Waals surface area contributed by atoms with E-state index in [1.165, 1.54) is 24.3 Å². The third kappa shape index (κ3) is 1.75. The SMILES string of the molecule is C1=CC=C(C2CCCS2)NC=C1. The van der Waals surface area contributed by atoms with E-state index >= 15 is 0 Å². The van der Waals surface area contributed by atoms with Gasteiger partial charge in [-0.15, -0.1) is 0 Å². The monoisotopic (exact) mass is 179 g/mol. The molecule has 2 rings (SSSR count). The topological polar surface area (TPSA) is 12.0 Å². The fourth-order valence-corrected chi connectivity index (χ4v) is 2.77. The van der Waals surface area contributed by atoms with Gasteiger partial charge in [-0.05, 0) is 30.7 Å². The van der Waals surface area contributed by atoms with Crippen LogP contribution in [0.2, 0.25) is 0 Å². The number of rotatable bonds is 1. The van der Waals surface area contributed by atoms with Crippen LogP contribution in [0.1, 0.15) is 12.8 Å². The van der Waals surface area contributed by atoms with E-state index in [9.17, 15) is 0 Å². The van der Waals surface area contributed by atoms with Gasteiger partial charge in [-0.1, -0.05) is 12.2 Å². The van der Waals surface area contributed by atoms with Crippen molar-refractivity contribution >= 4 is 11.8 Å². The Morgan fingerprint density at radius 1 is 1.33 bits per heavy atom. The van der Waals surface area contributed by atoms with E-state index in [0.717, 1.165) is 0 Å². The predicted molar refractivity (Wildman–Crippen MR) is 55.0 cm³/mol. The van der Waals surface area contributed by atoms with Crippen LogP contribution in [-0.2, 0) is 0 Å². The smallest absolute Gasteiger partial charge is 0.0448 e. The summed E-state index contributed by atoms with van der Waals surface area (Å²) in [6, 6.07) is 0. The van der Waals surface area contributed by atoms with Crippen molar-refractivity contribution < 1.29 is 0 Å². The van der Waals surface area contributed by atoms with Crippen molar-refractivity contribution in [2.24, 2.45) is 0 Å². The molecule has 2 heteroatoms. The Balaban J connectivity index is 2.06. The van der Waals surface area contributed by atoms with Crippen molar-refractivity contribution in [3.05, 3.63) is 36.2 Å². The number of hydrogen-bond donors (Lipinski definition) is 1. The summed E-state index contributed by atoms with van der Waals surface area (Å²) in [5, 5.41) is 4.03. The first-order chi connectivity index (χ1) is 5.97. The van der Waals surface area contributed by atoms with Gasteiger partial charge in [0, 0.05) is 17.1 Å². The van der Waals surface area contributed by atoms with Gasteiger partial charge in [0.15, 0.2) is 0 Å². The van der Waals surface area contributed by atoms with E-state index in [4.69, 9.17) is 0 Å². The second kappa shape index (κ2) is 3.85. The number of thioether (sulfide) groups is 1. The molecule has 2 aliphatic heterocycles. The lowest BCUT2D eigenvalue weighted by molar-refractivity contribution is 0.813. The van der Waals surface area contributed by atoms with Gasteiger partial charge >= 0.3 is 0 Å². The van der Waals surface area contributed by atoms with E-state index < -0.39 is 0 Å². The van der Waals surface area contributed by atoms with Crippen molar-refractivity contribution in [3.8, 4) is 0 Å². The van der Waals surface area contributed by atoms with Crippen LogP contribution in [0.4, 0.5) is 0 Å². The minimum absolute atomic E-state index is 0.706. The second-order valence-corrected chi connectivity index (χ2v) is 4.32. The Labute approximate surface area is 77.6 Å². The summed E-state index contributed by atoms with van der Waals surface area (Å²) < 4.78 is 0. The van der Waals surface area contributed by atoms with Crippen LogP contribution in [0, 0.1) is 0 Å². The normalized spacial score (nSPS) is 28.0. The highest BCUT2D eigenvalue weighted by Crippen LogP contribution is 2.30. The van der Waals surface area contributed by atoms with Crippen LogP contribution < -0.4 is 5.32 Å². The van der Waals surface area contributed by atoms with E-state index in [0.29, 0.717) is 5.25 Å². The van der Waals surface area contributed by atoms with Crippen LogP contribution in [0.15, 0.2) is 36.2 Å². The summed E-state index contributed by atoms with van der Waals surface area (Å²) in [5.74, 6) is 1.32. The van der Waals surface area contributed by atoms with E-state index in [1.54, 1.807) is 0 Å². The van der Waals surface area contributed by atoms with Gasteiger partial charge in [-0.25, -0.2) is 0 Å². The fraction of sp³-hybridized carbons (Fsp3) is 0.400.